The van der Waals surface area contributed by atoms with Crippen molar-refractivity contribution < 1.29 is 14.2 Å². The molecule has 2 aromatic carbocycles. The molecule has 2 aromatic rings. The van der Waals surface area contributed by atoms with Crippen molar-refractivity contribution in [2.24, 2.45) is 0 Å². The Labute approximate surface area is 157 Å². The highest BCUT2D eigenvalue weighted by atomic mass is 79.9. The second kappa shape index (κ2) is 9.22. The molecule has 1 aliphatic heterocycles. The molecule has 3 rings (SSSR count). The molecule has 5 heteroatoms. The van der Waals surface area contributed by atoms with Crippen LogP contribution in [0.25, 0.3) is 0 Å². The molecule has 25 heavy (non-hydrogen) atoms. The summed E-state index contributed by atoms with van der Waals surface area (Å²) in [7, 11) is 1.67. The van der Waals surface area contributed by atoms with Gasteiger partial charge in [0, 0.05) is 21.6 Å². The first-order chi connectivity index (χ1) is 12.3. The Morgan fingerprint density at radius 2 is 1.96 bits per heavy atom. The molecule has 0 aromatic heterocycles. The number of hydrogen-bond acceptors (Lipinski definition) is 4. The third-order valence-electron chi connectivity index (χ3n) is 4.34. The Morgan fingerprint density at radius 3 is 2.76 bits per heavy atom. The number of hydrogen-bond donors (Lipinski definition) is 1. The standard InChI is InChI=1S/C20H24BrNO3/c1-23-19-9-8-17(21)11-16(19)13-25-20-7-3-2-5-15(20)12-24-14-18-6-4-10-22-18/h2-3,5,7-9,11,18,22H,4,6,10,12-14H2,1H3/t18-/m1/s1. The lowest BCUT2D eigenvalue weighted by molar-refractivity contribution is 0.101. The summed E-state index contributed by atoms with van der Waals surface area (Å²) in [6.45, 7) is 2.85. The van der Waals surface area contributed by atoms with E-state index in [1.165, 1.54) is 12.8 Å². The molecule has 0 radical (unpaired) electrons. The van der Waals surface area contributed by atoms with Crippen molar-refractivity contribution >= 4 is 15.9 Å². The molecule has 1 fully saturated rings. The molecule has 1 aliphatic rings. The van der Waals surface area contributed by atoms with Crippen LogP contribution in [0.3, 0.4) is 0 Å². The predicted molar refractivity (Wildman–Crippen MR) is 102 cm³/mol. The molecule has 134 valence electrons. The van der Waals surface area contributed by atoms with E-state index in [2.05, 4.69) is 27.3 Å². The van der Waals surface area contributed by atoms with E-state index < -0.39 is 0 Å². The molecule has 1 heterocycles. The minimum atomic E-state index is 0.448. The zero-order valence-electron chi connectivity index (χ0n) is 14.5. The number of ether oxygens (including phenoxy) is 3. The van der Waals surface area contributed by atoms with Gasteiger partial charge >= 0.3 is 0 Å². The van der Waals surface area contributed by atoms with Crippen LogP contribution < -0.4 is 14.8 Å². The van der Waals surface area contributed by atoms with Crippen LogP contribution >= 0.6 is 15.9 Å². The highest BCUT2D eigenvalue weighted by molar-refractivity contribution is 9.10. The predicted octanol–water partition coefficient (Wildman–Crippen LogP) is 4.31. The summed E-state index contributed by atoms with van der Waals surface area (Å²) in [6, 6.07) is 14.4. The van der Waals surface area contributed by atoms with Gasteiger partial charge in [-0.2, -0.15) is 0 Å². The van der Waals surface area contributed by atoms with Gasteiger partial charge in [0.05, 0.1) is 20.3 Å². The molecule has 4 nitrogen and oxygen atoms in total. The van der Waals surface area contributed by atoms with Gasteiger partial charge in [0.25, 0.3) is 0 Å². The maximum atomic E-state index is 6.05. The fourth-order valence-electron chi connectivity index (χ4n) is 2.99. The van der Waals surface area contributed by atoms with Crippen molar-refractivity contribution in [2.45, 2.75) is 32.1 Å². The SMILES string of the molecule is COc1ccc(Br)cc1COc1ccccc1COC[C@H]1CCCN1. The Balaban J connectivity index is 1.59. The number of methoxy groups -OCH3 is 1. The van der Waals surface area contributed by atoms with Gasteiger partial charge in [0.2, 0.25) is 0 Å². The van der Waals surface area contributed by atoms with E-state index in [4.69, 9.17) is 14.2 Å². The van der Waals surface area contributed by atoms with Crippen LogP contribution in [0.4, 0.5) is 0 Å². The monoisotopic (exact) mass is 405 g/mol. The van der Waals surface area contributed by atoms with Gasteiger partial charge in [-0.25, -0.2) is 0 Å². The zero-order valence-corrected chi connectivity index (χ0v) is 16.1. The van der Waals surface area contributed by atoms with Gasteiger partial charge in [0.1, 0.15) is 18.1 Å². The Morgan fingerprint density at radius 1 is 1.08 bits per heavy atom. The topological polar surface area (TPSA) is 39.7 Å². The summed E-state index contributed by atoms with van der Waals surface area (Å²) in [5, 5.41) is 3.45. The molecule has 0 amide bonds. The second-order valence-electron chi connectivity index (χ2n) is 6.16. The third-order valence-corrected chi connectivity index (χ3v) is 4.83. The number of halogens is 1. The first-order valence-corrected chi connectivity index (χ1v) is 9.40. The maximum Gasteiger partial charge on any atom is 0.125 e. The summed E-state index contributed by atoms with van der Waals surface area (Å²) in [5.74, 6) is 1.67. The molecular formula is C20H24BrNO3. The Hall–Kier alpha value is -1.56. The molecule has 0 aliphatic carbocycles. The van der Waals surface area contributed by atoms with Gasteiger partial charge in [-0.15, -0.1) is 0 Å². The van der Waals surface area contributed by atoms with E-state index in [0.29, 0.717) is 19.3 Å². The van der Waals surface area contributed by atoms with Gasteiger partial charge in [-0.05, 0) is 43.7 Å². The van der Waals surface area contributed by atoms with E-state index in [0.717, 1.165) is 40.3 Å². The average molecular weight is 406 g/mol. The quantitative estimate of drug-likeness (QED) is 0.710. The van der Waals surface area contributed by atoms with Crippen LogP contribution in [0, 0.1) is 0 Å². The van der Waals surface area contributed by atoms with E-state index in [1.807, 2.05) is 36.4 Å². The highest BCUT2D eigenvalue weighted by Gasteiger charge is 2.14. The largest absolute Gasteiger partial charge is 0.496 e. The van der Waals surface area contributed by atoms with Gasteiger partial charge in [-0.3, -0.25) is 0 Å². The fourth-order valence-corrected chi connectivity index (χ4v) is 3.40. The first-order valence-electron chi connectivity index (χ1n) is 8.60. The number of benzene rings is 2. The van der Waals surface area contributed by atoms with Crippen molar-refractivity contribution in [3.63, 3.8) is 0 Å². The van der Waals surface area contributed by atoms with Crippen LogP contribution in [0.2, 0.25) is 0 Å². The number of para-hydroxylation sites is 1. The third kappa shape index (κ3) is 5.21. The summed E-state index contributed by atoms with van der Waals surface area (Å²) in [6.07, 6.45) is 2.43. The maximum absolute atomic E-state index is 6.05. The first kappa shape index (κ1) is 18.2. The lowest BCUT2D eigenvalue weighted by Gasteiger charge is -2.15. The van der Waals surface area contributed by atoms with Gasteiger partial charge in [-0.1, -0.05) is 34.1 Å². The second-order valence-corrected chi connectivity index (χ2v) is 7.08. The number of rotatable bonds is 8. The lowest BCUT2D eigenvalue weighted by atomic mass is 10.2. The van der Waals surface area contributed by atoms with E-state index in [1.54, 1.807) is 7.11 Å². The summed E-state index contributed by atoms with van der Waals surface area (Å²) < 4.78 is 18.3. The van der Waals surface area contributed by atoms with Crippen molar-refractivity contribution in [2.75, 3.05) is 20.3 Å². The van der Waals surface area contributed by atoms with Crippen LogP contribution in [0.1, 0.15) is 24.0 Å². The van der Waals surface area contributed by atoms with Crippen molar-refractivity contribution in [1.29, 1.82) is 0 Å². The van der Waals surface area contributed by atoms with E-state index in [9.17, 15) is 0 Å². The average Bonchev–Trinajstić information content (AvgIpc) is 3.14. The molecule has 0 bridgehead atoms. The van der Waals surface area contributed by atoms with Crippen molar-refractivity contribution in [3.05, 3.63) is 58.1 Å². The smallest absolute Gasteiger partial charge is 0.125 e. The molecule has 0 spiro atoms. The lowest BCUT2D eigenvalue weighted by Crippen LogP contribution is -2.26. The normalized spacial score (nSPS) is 16.8. The fraction of sp³-hybridized carbons (Fsp3) is 0.400. The van der Waals surface area contributed by atoms with Crippen molar-refractivity contribution in [1.82, 2.24) is 5.32 Å². The summed E-state index contributed by atoms with van der Waals surface area (Å²) in [4.78, 5) is 0. The molecule has 1 atom stereocenters. The van der Waals surface area contributed by atoms with Crippen molar-refractivity contribution in [3.8, 4) is 11.5 Å². The van der Waals surface area contributed by atoms with Crippen LogP contribution in [0.15, 0.2) is 46.9 Å². The minimum absolute atomic E-state index is 0.448. The molecule has 0 unspecified atom stereocenters. The molecule has 0 saturated carbocycles. The Bertz CT molecular complexity index is 686. The van der Waals surface area contributed by atoms with Gasteiger partial charge < -0.3 is 19.5 Å². The molecular weight excluding hydrogens is 382 g/mol. The molecule has 1 N–H and O–H groups in total. The van der Waals surface area contributed by atoms with Crippen LogP contribution in [-0.4, -0.2) is 26.3 Å². The minimum Gasteiger partial charge on any atom is -0.496 e. The molecule has 1 saturated heterocycles. The number of nitrogens with one attached hydrogen (secondary N) is 1. The highest BCUT2D eigenvalue weighted by Crippen LogP contribution is 2.26. The summed E-state index contributed by atoms with van der Waals surface area (Å²) in [5.41, 5.74) is 2.07. The summed E-state index contributed by atoms with van der Waals surface area (Å²) >= 11 is 3.50. The van der Waals surface area contributed by atoms with Crippen LogP contribution in [-0.2, 0) is 18.0 Å². The Kier molecular flexibility index (Phi) is 6.73. The van der Waals surface area contributed by atoms with E-state index in [-0.39, 0.29) is 0 Å². The van der Waals surface area contributed by atoms with Crippen LogP contribution in [0.5, 0.6) is 11.5 Å². The van der Waals surface area contributed by atoms with E-state index >= 15 is 0 Å². The van der Waals surface area contributed by atoms with Gasteiger partial charge in [0.15, 0.2) is 0 Å². The zero-order chi connectivity index (χ0) is 17.5.